The zero-order chi connectivity index (χ0) is 14.5. The van der Waals surface area contributed by atoms with E-state index in [9.17, 15) is 0 Å². The Kier molecular flexibility index (Phi) is 7.20. The molecule has 0 spiro atoms. The number of nitrogens with zero attached hydrogens (tertiary/aromatic N) is 1. The fourth-order valence-electron chi connectivity index (χ4n) is 2.86. The number of hydrogen-bond acceptors (Lipinski definition) is 3. The summed E-state index contributed by atoms with van der Waals surface area (Å²) in [6, 6.07) is 0. The van der Waals surface area contributed by atoms with Crippen LogP contribution >= 0.6 is 11.8 Å². The maximum Gasteiger partial charge on any atom is 0.0432 e. The second-order valence-electron chi connectivity index (χ2n) is 7.11. The van der Waals surface area contributed by atoms with Gasteiger partial charge in [-0.1, -0.05) is 34.6 Å². The van der Waals surface area contributed by atoms with Crippen LogP contribution in [0.5, 0.6) is 0 Å². The minimum absolute atomic E-state index is 0.272. The summed E-state index contributed by atoms with van der Waals surface area (Å²) < 4.78 is 0. The molecule has 2 atom stereocenters. The molecule has 2 nitrogen and oxygen atoms in total. The van der Waals surface area contributed by atoms with Gasteiger partial charge < -0.3 is 5.73 Å². The SMILES string of the molecule is CC(C)CCN(CCC(C)C)C1(CN)CSC(C)C1. The third-order valence-corrected chi connectivity index (χ3v) is 5.75. The Morgan fingerprint density at radius 2 is 1.68 bits per heavy atom. The number of nitrogens with two attached hydrogens (primary N) is 1. The molecule has 1 saturated heterocycles. The molecule has 0 aromatic rings. The van der Waals surface area contributed by atoms with Crippen LogP contribution in [0.25, 0.3) is 0 Å². The first-order chi connectivity index (χ1) is 8.89. The molecule has 19 heavy (non-hydrogen) atoms. The van der Waals surface area contributed by atoms with Crippen molar-refractivity contribution in [2.24, 2.45) is 17.6 Å². The first-order valence-corrected chi connectivity index (χ1v) is 9.01. The van der Waals surface area contributed by atoms with Crippen LogP contribution in [0.1, 0.15) is 53.9 Å². The average Bonchev–Trinajstić information content (AvgIpc) is 2.71. The van der Waals surface area contributed by atoms with E-state index in [1.54, 1.807) is 0 Å². The largest absolute Gasteiger partial charge is 0.329 e. The predicted molar refractivity (Wildman–Crippen MR) is 88.8 cm³/mol. The third kappa shape index (κ3) is 5.28. The van der Waals surface area contributed by atoms with Crippen LogP contribution in [-0.4, -0.2) is 41.1 Å². The molecule has 1 aliphatic heterocycles. The van der Waals surface area contributed by atoms with Gasteiger partial charge in [-0.3, -0.25) is 4.90 Å². The Balaban J connectivity index is 2.68. The van der Waals surface area contributed by atoms with Crippen molar-refractivity contribution in [2.75, 3.05) is 25.4 Å². The Morgan fingerprint density at radius 1 is 1.16 bits per heavy atom. The van der Waals surface area contributed by atoms with Crippen molar-refractivity contribution in [1.82, 2.24) is 4.90 Å². The highest BCUT2D eigenvalue weighted by Crippen LogP contribution is 2.38. The Morgan fingerprint density at radius 3 is 2.00 bits per heavy atom. The topological polar surface area (TPSA) is 29.3 Å². The van der Waals surface area contributed by atoms with Crippen molar-refractivity contribution in [2.45, 2.75) is 64.7 Å². The normalized spacial score (nSPS) is 27.9. The highest BCUT2D eigenvalue weighted by atomic mass is 32.2. The van der Waals surface area contributed by atoms with E-state index in [0.29, 0.717) is 0 Å². The molecule has 1 aliphatic rings. The molecular weight excluding hydrogens is 252 g/mol. The predicted octanol–water partition coefficient (Wildman–Crippen LogP) is 3.60. The first kappa shape index (κ1) is 17.3. The molecular formula is C16H34N2S. The van der Waals surface area contributed by atoms with Crippen molar-refractivity contribution in [3.05, 3.63) is 0 Å². The standard InChI is InChI=1S/C16H34N2S/c1-13(2)6-8-18(9-7-14(3)4)16(11-17)10-15(5)19-12-16/h13-15H,6-12,17H2,1-5H3. The maximum absolute atomic E-state index is 6.19. The van der Waals surface area contributed by atoms with E-state index in [-0.39, 0.29) is 5.54 Å². The summed E-state index contributed by atoms with van der Waals surface area (Å²) in [5.41, 5.74) is 6.46. The molecule has 1 fully saturated rings. The molecule has 0 radical (unpaired) electrons. The fraction of sp³-hybridized carbons (Fsp3) is 1.00. The van der Waals surface area contributed by atoms with Gasteiger partial charge in [-0.05, 0) is 44.2 Å². The lowest BCUT2D eigenvalue weighted by Gasteiger charge is -2.41. The van der Waals surface area contributed by atoms with Crippen LogP contribution in [-0.2, 0) is 0 Å². The highest BCUT2D eigenvalue weighted by molar-refractivity contribution is 8.00. The van der Waals surface area contributed by atoms with Crippen LogP contribution in [0.15, 0.2) is 0 Å². The third-order valence-electron chi connectivity index (χ3n) is 4.31. The Bertz CT molecular complexity index is 243. The number of hydrogen-bond donors (Lipinski definition) is 1. The molecule has 114 valence electrons. The second-order valence-corrected chi connectivity index (χ2v) is 8.53. The van der Waals surface area contributed by atoms with E-state index in [2.05, 4.69) is 51.3 Å². The molecule has 2 N–H and O–H groups in total. The van der Waals surface area contributed by atoms with Gasteiger partial charge in [0.25, 0.3) is 0 Å². The molecule has 0 aromatic carbocycles. The van der Waals surface area contributed by atoms with Gasteiger partial charge in [-0.15, -0.1) is 0 Å². The average molecular weight is 287 g/mol. The van der Waals surface area contributed by atoms with E-state index in [1.165, 1.54) is 38.1 Å². The van der Waals surface area contributed by atoms with Gasteiger partial charge in [0.1, 0.15) is 0 Å². The lowest BCUT2D eigenvalue weighted by molar-refractivity contribution is 0.0999. The summed E-state index contributed by atoms with van der Waals surface area (Å²) in [5.74, 6) is 2.78. The van der Waals surface area contributed by atoms with E-state index < -0.39 is 0 Å². The number of thioether (sulfide) groups is 1. The summed E-state index contributed by atoms with van der Waals surface area (Å²) >= 11 is 2.10. The molecule has 2 unspecified atom stereocenters. The monoisotopic (exact) mass is 286 g/mol. The van der Waals surface area contributed by atoms with Gasteiger partial charge in [0.15, 0.2) is 0 Å². The Labute approximate surface area is 124 Å². The first-order valence-electron chi connectivity index (χ1n) is 7.96. The Hall–Kier alpha value is 0.270. The van der Waals surface area contributed by atoms with Crippen molar-refractivity contribution < 1.29 is 0 Å². The minimum Gasteiger partial charge on any atom is -0.329 e. The van der Waals surface area contributed by atoms with E-state index in [0.717, 1.165) is 23.6 Å². The van der Waals surface area contributed by atoms with E-state index in [4.69, 9.17) is 5.73 Å². The van der Waals surface area contributed by atoms with Gasteiger partial charge in [0, 0.05) is 23.1 Å². The molecule has 0 aliphatic carbocycles. The quantitative estimate of drug-likeness (QED) is 0.739. The lowest BCUT2D eigenvalue weighted by Crippen LogP contribution is -2.55. The zero-order valence-corrected chi connectivity index (χ0v) is 14.4. The molecule has 0 aromatic heterocycles. The molecule has 1 heterocycles. The summed E-state index contributed by atoms with van der Waals surface area (Å²) in [7, 11) is 0. The molecule has 3 heteroatoms. The van der Waals surface area contributed by atoms with Crippen LogP contribution in [0.2, 0.25) is 0 Å². The van der Waals surface area contributed by atoms with E-state index >= 15 is 0 Å². The molecule has 0 saturated carbocycles. The summed E-state index contributed by atoms with van der Waals surface area (Å²) in [6.45, 7) is 14.9. The minimum atomic E-state index is 0.272. The van der Waals surface area contributed by atoms with Crippen LogP contribution in [0.3, 0.4) is 0 Å². The van der Waals surface area contributed by atoms with E-state index in [1.807, 2.05) is 0 Å². The van der Waals surface area contributed by atoms with Crippen molar-refractivity contribution >= 4 is 11.8 Å². The zero-order valence-electron chi connectivity index (χ0n) is 13.6. The van der Waals surface area contributed by atoms with Gasteiger partial charge in [-0.25, -0.2) is 0 Å². The molecule has 0 amide bonds. The number of rotatable bonds is 8. The second kappa shape index (κ2) is 7.90. The summed E-state index contributed by atoms with van der Waals surface area (Å²) in [6.07, 6.45) is 3.85. The van der Waals surface area contributed by atoms with Gasteiger partial charge in [0.05, 0.1) is 0 Å². The summed E-state index contributed by atoms with van der Waals surface area (Å²) in [5, 5.41) is 0.768. The fourth-order valence-corrected chi connectivity index (χ4v) is 4.30. The van der Waals surface area contributed by atoms with Crippen LogP contribution in [0.4, 0.5) is 0 Å². The van der Waals surface area contributed by atoms with Gasteiger partial charge in [-0.2, -0.15) is 11.8 Å². The van der Waals surface area contributed by atoms with Crippen LogP contribution < -0.4 is 5.73 Å². The van der Waals surface area contributed by atoms with Crippen molar-refractivity contribution in [1.29, 1.82) is 0 Å². The maximum atomic E-state index is 6.19. The van der Waals surface area contributed by atoms with Crippen molar-refractivity contribution in [3.8, 4) is 0 Å². The molecule has 0 bridgehead atoms. The summed E-state index contributed by atoms with van der Waals surface area (Å²) in [4.78, 5) is 2.73. The van der Waals surface area contributed by atoms with Crippen molar-refractivity contribution in [3.63, 3.8) is 0 Å². The molecule has 1 rings (SSSR count). The smallest absolute Gasteiger partial charge is 0.0432 e. The highest BCUT2D eigenvalue weighted by Gasteiger charge is 2.41. The lowest BCUT2D eigenvalue weighted by atomic mass is 9.92. The van der Waals surface area contributed by atoms with Gasteiger partial charge >= 0.3 is 0 Å². The van der Waals surface area contributed by atoms with Gasteiger partial charge in [0.2, 0.25) is 0 Å². The van der Waals surface area contributed by atoms with Crippen LogP contribution in [0, 0.1) is 11.8 Å².